The number of carbonyl (C=O) groups excluding carboxylic acids is 1. The minimum absolute atomic E-state index is 0.347. The van der Waals surface area contributed by atoms with Gasteiger partial charge < -0.3 is 39.7 Å². The summed E-state index contributed by atoms with van der Waals surface area (Å²) >= 11 is 0. The number of ether oxygens (including phenoxy) is 3. The van der Waals surface area contributed by atoms with Crippen molar-refractivity contribution in [3.63, 3.8) is 0 Å². The van der Waals surface area contributed by atoms with Crippen molar-refractivity contribution in [3.8, 4) is 22.9 Å². The highest BCUT2D eigenvalue weighted by Gasteiger charge is 2.31. The summed E-state index contributed by atoms with van der Waals surface area (Å²) in [5.41, 5.74) is 7.05. The molecule has 1 fully saturated rings. The van der Waals surface area contributed by atoms with E-state index in [1.165, 1.54) is 0 Å². The van der Waals surface area contributed by atoms with Crippen LogP contribution in [0.25, 0.3) is 16.7 Å². The molecule has 4 heterocycles. The molecule has 182 valence electrons. The van der Waals surface area contributed by atoms with E-state index in [1.54, 1.807) is 40.1 Å². The highest BCUT2D eigenvalue weighted by molar-refractivity contribution is 5.92. The Balaban J connectivity index is 1.47. The third-order valence-corrected chi connectivity index (χ3v) is 6.02. The number of rotatable bonds is 8. The molecule has 1 aliphatic heterocycles. The summed E-state index contributed by atoms with van der Waals surface area (Å²) in [6.45, 7) is 0.695. The minimum atomic E-state index is -0.393. The number of imidazole rings is 1. The van der Waals surface area contributed by atoms with Crippen LogP contribution in [0.3, 0.4) is 0 Å². The van der Waals surface area contributed by atoms with Gasteiger partial charge in [-0.25, -0.2) is 4.98 Å². The number of aromatic nitrogens is 5. The second-order valence-electron chi connectivity index (χ2n) is 8.04. The Hall–Kier alpha value is -4.48. The molecule has 0 radical (unpaired) electrons. The number of hydrogen-bond donors (Lipinski definition) is 3. The molecule has 0 bridgehead atoms. The fraction of sp³-hybridized carbons (Fsp3) is 0.304. The molecule has 1 amide bonds. The van der Waals surface area contributed by atoms with Crippen LogP contribution in [0.2, 0.25) is 0 Å². The van der Waals surface area contributed by atoms with Gasteiger partial charge in [-0.1, -0.05) is 0 Å². The first kappa shape index (κ1) is 22.3. The van der Waals surface area contributed by atoms with Gasteiger partial charge >= 0.3 is 0 Å². The highest BCUT2D eigenvalue weighted by Crippen LogP contribution is 2.39. The second-order valence-corrected chi connectivity index (χ2v) is 8.04. The summed E-state index contributed by atoms with van der Waals surface area (Å²) < 4.78 is 18.1. The number of H-pyrrole nitrogens is 1. The number of benzene rings is 1. The van der Waals surface area contributed by atoms with Gasteiger partial charge in [-0.15, -0.1) is 0 Å². The largest absolute Gasteiger partial charge is 0.493 e. The van der Waals surface area contributed by atoms with Crippen LogP contribution in [0.1, 0.15) is 12.8 Å². The average molecular weight is 479 g/mol. The van der Waals surface area contributed by atoms with Crippen LogP contribution in [0.5, 0.6) is 17.2 Å². The van der Waals surface area contributed by atoms with Crippen molar-refractivity contribution >= 4 is 34.5 Å². The number of hydrogen-bond acceptors (Lipinski definition) is 9. The third kappa shape index (κ3) is 4.03. The first-order chi connectivity index (χ1) is 17.0. The maximum atomic E-state index is 12.0. The Kier molecular flexibility index (Phi) is 5.77. The topological polar surface area (TPSA) is 145 Å². The molecule has 4 aromatic rings. The number of nitrogens with one attached hydrogen (secondary N) is 2. The SMILES string of the molecule is COc1cc(-n2cnc(Nc3nc(N4CCCC4C(N)=O)c4cc[nH]c4n3)c2)cc(OC)c1OC. The number of amides is 1. The number of nitrogens with zero attached hydrogens (tertiary/aromatic N) is 5. The monoisotopic (exact) mass is 478 g/mol. The maximum absolute atomic E-state index is 12.0. The zero-order valence-electron chi connectivity index (χ0n) is 19.6. The molecule has 0 spiro atoms. The van der Waals surface area contributed by atoms with Crippen LogP contribution in [0.15, 0.2) is 36.9 Å². The lowest BCUT2D eigenvalue weighted by Gasteiger charge is -2.24. The smallest absolute Gasteiger partial charge is 0.240 e. The van der Waals surface area contributed by atoms with Crippen molar-refractivity contribution in [2.75, 3.05) is 38.1 Å². The lowest BCUT2D eigenvalue weighted by Crippen LogP contribution is -2.40. The van der Waals surface area contributed by atoms with Crippen molar-refractivity contribution in [2.24, 2.45) is 5.73 Å². The molecule has 5 rings (SSSR count). The molecular weight excluding hydrogens is 452 g/mol. The van der Waals surface area contributed by atoms with Gasteiger partial charge in [0.15, 0.2) is 17.3 Å². The van der Waals surface area contributed by atoms with E-state index in [4.69, 9.17) is 24.9 Å². The van der Waals surface area contributed by atoms with Crippen LogP contribution < -0.4 is 30.2 Å². The van der Waals surface area contributed by atoms with E-state index >= 15 is 0 Å². The van der Waals surface area contributed by atoms with E-state index in [9.17, 15) is 4.79 Å². The van der Waals surface area contributed by atoms with Gasteiger partial charge in [-0.3, -0.25) is 4.79 Å². The number of anilines is 3. The second kappa shape index (κ2) is 9.05. The molecule has 1 aromatic carbocycles. The zero-order chi connectivity index (χ0) is 24.5. The van der Waals surface area contributed by atoms with E-state index in [2.05, 4.69) is 20.3 Å². The molecule has 1 aliphatic rings. The summed E-state index contributed by atoms with van der Waals surface area (Å²) in [6, 6.07) is 5.15. The quantitative estimate of drug-likeness (QED) is 0.347. The molecule has 1 unspecified atom stereocenters. The van der Waals surface area contributed by atoms with Crippen molar-refractivity contribution < 1.29 is 19.0 Å². The summed E-state index contributed by atoms with van der Waals surface area (Å²) in [6.07, 6.45) is 6.81. The molecule has 0 saturated carbocycles. The van der Waals surface area contributed by atoms with Crippen molar-refractivity contribution in [1.82, 2.24) is 24.5 Å². The summed E-state index contributed by atoms with van der Waals surface area (Å²) in [7, 11) is 4.69. The molecule has 35 heavy (non-hydrogen) atoms. The van der Waals surface area contributed by atoms with Crippen molar-refractivity contribution in [2.45, 2.75) is 18.9 Å². The van der Waals surface area contributed by atoms with Gasteiger partial charge in [0, 0.05) is 24.9 Å². The van der Waals surface area contributed by atoms with Gasteiger partial charge in [0.05, 0.1) is 38.6 Å². The van der Waals surface area contributed by atoms with Gasteiger partial charge in [0.1, 0.15) is 23.8 Å². The molecule has 4 N–H and O–H groups in total. The minimum Gasteiger partial charge on any atom is -0.493 e. The Morgan fingerprint density at radius 3 is 2.63 bits per heavy atom. The average Bonchev–Trinajstić information content (AvgIpc) is 3.63. The van der Waals surface area contributed by atoms with E-state index in [-0.39, 0.29) is 5.91 Å². The van der Waals surface area contributed by atoms with E-state index in [0.29, 0.717) is 53.4 Å². The number of aromatic amines is 1. The molecule has 1 saturated heterocycles. The van der Waals surface area contributed by atoms with Crippen LogP contribution >= 0.6 is 0 Å². The van der Waals surface area contributed by atoms with E-state index in [1.807, 2.05) is 27.7 Å². The van der Waals surface area contributed by atoms with Crippen molar-refractivity contribution in [1.29, 1.82) is 0 Å². The van der Waals surface area contributed by atoms with E-state index < -0.39 is 6.04 Å². The highest BCUT2D eigenvalue weighted by atomic mass is 16.5. The van der Waals surface area contributed by atoms with Crippen LogP contribution in [0.4, 0.5) is 17.6 Å². The first-order valence-corrected chi connectivity index (χ1v) is 11.0. The van der Waals surface area contributed by atoms with Gasteiger partial charge in [-0.2, -0.15) is 9.97 Å². The number of nitrogens with two attached hydrogens (primary N) is 1. The lowest BCUT2D eigenvalue weighted by atomic mass is 10.2. The standard InChI is InChI=1S/C23H26N8O4/c1-33-16-9-13(10-17(34-2)19(16)35-3)30-11-18(26-12-30)27-23-28-21-14(6-7-25-21)22(29-23)31-8-4-5-15(31)20(24)32/h6-7,9-12,15H,4-5,8H2,1-3H3,(H2,24,32)(H2,25,27,28,29). The van der Waals surface area contributed by atoms with E-state index in [0.717, 1.165) is 17.5 Å². The number of methoxy groups -OCH3 is 3. The molecule has 1 atom stereocenters. The molecular formula is C23H26N8O4. The molecule has 12 heteroatoms. The number of carbonyl (C=O) groups is 1. The van der Waals surface area contributed by atoms with Crippen molar-refractivity contribution in [3.05, 3.63) is 36.9 Å². The van der Waals surface area contributed by atoms with Crippen LogP contribution in [-0.4, -0.2) is 64.3 Å². The van der Waals surface area contributed by atoms with Gasteiger partial charge in [0.2, 0.25) is 17.6 Å². The predicted octanol–water partition coefficient (Wildman–Crippen LogP) is 2.37. The zero-order valence-corrected chi connectivity index (χ0v) is 19.6. The van der Waals surface area contributed by atoms with Gasteiger partial charge in [-0.05, 0) is 18.9 Å². The van der Waals surface area contributed by atoms with Gasteiger partial charge in [0.25, 0.3) is 0 Å². The summed E-state index contributed by atoms with van der Waals surface area (Å²) in [5, 5.41) is 3.99. The van der Waals surface area contributed by atoms with Crippen LogP contribution in [0, 0.1) is 0 Å². The predicted molar refractivity (Wildman–Crippen MR) is 130 cm³/mol. The Morgan fingerprint density at radius 2 is 1.94 bits per heavy atom. The normalized spacial score (nSPS) is 15.4. The fourth-order valence-electron chi connectivity index (χ4n) is 4.38. The fourth-order valence-corrected chi connectivity index (χ4v) is 4.38. The number of fused-ring (bicyclic) bond motifs is 1. The molecule has 3 aromatic heterocycles. The lowest BCUT2D eigenvalue weighted by molar-refractivity contribution is -0.119. The summed E-state index contributed by atoms with van der Waals surface area (Å²) in [5.74, 6) is 2.75. The maximum Gasteiger partial charge on any atom is 0.240 e. The first-order valence-electron chi connectivity index (χ1n) is 11.0. The summed E-state index contributed by atoms with van der Waals surface area (Å²) in [4.78, 5) is 30.8. The Labute approximate surface area is 201 Å². The molecule has 0 aliphatic carbocycles. The Bertz CT molecular complexity index is 1360. The van der Waals surface area contributed by atoms with Crippen LogP contribution in [-0.2, 0) is 4.79 Å². The Morgan fingerprint density at radius 1 is 1.17 bits per heavy atom. The third-order valence-electron chi connectivity index (χ3n) is 6.02. The molecule has 12 nitrogen and oxygen atoms in total. The number of primary amides is 1.